The molecular weight excluding hydrogens is 393 g/mol. The first-order chi connectivity index (χ1) is 13.8. The highest BCUT2D eigenvalue weighted by Crippen LogP contribution is 2.43. The molecule has 0 aliphatic rings. The van der Waals surface area contributed by atoms with Crippen molar-refractivity contribution in [2.24, 2.45) is 7.05 Å². The number of aryl methyl sites for hydroxylation is 1. The zero-order valence-electron chi connectivity index (χ0n) is 14.7. The highest BCUT2D eigenvalue weighted by Gasteiger charge is 2.46. The maximum absolute atomic E-state index is 13.1. The number of oxazole rings is 1. The summed E-state index contributed by atoms with van der Waals surface area (Å²) in [4.78, 5) is 14.4. The fourth-order valence-corrected chi connectivity index (χ4v) is 2.78. The van der Waals surface area contributed by atoms with Crippen LogP contribution in [0.25, 0.3) is 22.6 Å². The molecule has 0 saturated carbocycles. The van der Waals surface area contributed by atoms with Gasteiger partial charge in [0.1, 0.15) is 5.52 Å². The summed E-state index contributed by atoms with van der Waals surface area (Å²) in [6.45, 7) is 0. The largest absolute Gasteiger partial charge is 0.442 e. The highest BCUT2D eigenvalue weighted by atomic mass is 19.4. The Morgan fingerprint density at radius 2 is 1.86 bits per heavy atom. The average molecular weight is 404 g/mol. The lowest BCUT2D eigenvalue weighted by atomic mass is 10.2. The van der Waals surface area contributed by atoms with Crippen molar-refractivity contribution in [3.8, 4) is 23.1 Å². The van der Waals surface area contributed by atoms with Crippen molar-refractivity contribution in [3.05, 3.63) is 64.3 Å². The Morgan fingerprint density at radius 3 is 2.52 bits per heavy atom. The molecule has 11 heteroatoms. The Morgan fingerprint density at radius 1 is 1.14 bits per heavy atom. The molecule has 0 bridgehead atoms. The molecule has 0 saturated heterocycles. The molecule has 148 valence electrons. The van der Waals surface area contributed by atoms with Crippen molar-refractivity contribution in [3.63, 3.8) is 0 Å². The number of rotatable bonds is 4. The number of halogens is 3. The summed E-state index contributed by atoms with van der Waals surface area (Å²) in [5.41, 5.74) is -1.73. The van der Waals surface area contributed by atoms with Gasteiger partial charge in [-0.25, -0.2) is 9.67 Å². The second-order valence-corrected chi connectivity index (χ2v) is 5.97. The van der Waals surface area contributed by atoms with E-state index in [2.05, 4.69) is 10.1 Å². The van der Waals surface area contributed by atoms with E-state index < -0.39 is 28.4 Å². The van der Waals surface area contributed by atoms with Crippen molar-refractivity contribution >= 4 is 16.8 Å². The minimum Gasteiger partial charge on any atom is -0.432 e. The summed E-state index contributed by atoms with van der Waals surface area (Å²) in [5.74, 6) is -0.434. The summed E-state index contributed by atoms with van der Waals surface area (Å²) in [6, 6.07) is 13.5. The third-order valence-electron chi connectivity index (χ3n) is 4.03. The maximum atomic E-state index is 13.1. The van der Waals surface area contributed by atoms with Gasteiger partial charge < -0.3 is 9.15 Å². The van der Waals surface area contributed by atoms with E-state index in [-0.39, 0.29) is 17.2 Å². The molecule has 0 radical (unpaired) electrons. The summed E-state index contributed by atoms with van der Waals surface area (Å²) in [5, 5.41) is 14.5. The first kappa shape index (κ1) is 18.5. The lowest BCUT2D eigenvalue weighted by Crippen LogP contribution is -2.09. The fourth-order valence-electron chi connectivity index (χ4n) is 2.78. The van der Waals surface area contributed by atoms with E-state index in [0.717, 1.165) is 7.05 Å². The molecule has 0 amide bonds. The van der Waals surface area contributed by atoms with Gasteiger partial charge in [-0.15, -0.1) is 0 Å². The van der Waals surface area contributed by atoms with Gasteiger partial charge in [-0.3, -0.25) is 10.1 Å². The van der Waals surface area contributed by atoms with Crippen molar-refractivity contribution in [1.29, 1.82) is 0 Å². The summed E-state index contributed by atoms with van der Waals surface area (Å²) < 4.78 is 51.2. The van der Waals surface area contributed by atoms with Crippen LogP contribution in [0.3, 0.4) is 0 Å². The van der Waals surface area contributed by atoms with Crippen LogP contribution in [0, 0.1) is 10.1 Å². The van der Waals surface area contributed by atoms with Gasteiger partial charge >= 0.3 is 11.9 Å². The van der Waals surface area contributed by atoms with Crippen molar-refractivity contribution in [1.82, 2.24) is 14.8 Å². The molecule has 2 aromatic heterocycles. The molecule has 0 atom stereocenters. The topological polar surface area (TPSA) is 96.2 Å². The minimum absolute atomic E-state index is 0.0306. The first-order valence-corrected chi connectivity index (χ1v) is 8.17. The number of para-hydroxylation sites is 1. The van der Waals surface area contributed by atoms with E-state index in [0.29, 0.717) is 15.8 Å². The Hall–Kier alpha value is -3.89. The number of alkyl halides is 3. The zero-order chi connectivity index (χ0) is 20.8. The van der Waals surface area contributed by atoms with E-state index in [4.69, 9.17) is 9.15 Å². The molecule has 4 aromatic rings. The predicted molar refractivity (Wildman–Crippen MR) is 94.4 cm³/mol. The minimum atomic E-state index is -5.01. The molecule has 29 heavy (non-hydrogen) atoms. The molecule has 2 heterocycles. The molecule has 4 rings (SSSR count). The SMILES string of the molecule is Cn1nc(C(F)(F)F)c([N+](=O)[O-])c1Oc1cccc2nc(-c3ccccc3)oc12. The third-order valence-corrected chi connectivity index (χ3v) is 4.03. The van der Waals surface area contributed by atoms with Gasteiger partial charge in [0.25, 0.3) is 5.88 Å². The Labute approximate surface area is 160 Å². The molecule has 2 aromatic carbocycles. The molecular formula is C18H11F3N4O4. The van der Waals surface area contributed by atoms with Crippen LogP contribution in [0.4, 0.5) is 18.9 Å². The van der Waals surface area contributed by atoms with E-state index >= 15 is 0 Å². The van der Waals surface area contributed by atoms with E-state index in [9.17, 15) is 23.3 Å². The Kier molecular flexibility index (Phi) is 4.22. The lowest BCUT2D eigenvalue weighted by molar-refractivity contribution is -0.388. The Balaban J connectivity index is 1.82. The second kappa shape index (κ2) is 6.62. The summed E-state index contributed by atoms with van der Waals surface area (Å²) in [7, 11) is 1.12. The van der Waals surface area contributed by atoms with Gasteiger partial charge in [-0.1, -0.05) is 24.3 Å². The number of nitrogens with zero attached hydrogens (tertiary/aromatic N) is 4. The quantitative estimate of drug-likeness (QED) is 0.353. The Bertz CT molecular complexity index is 1220. The van der Waals surface area contributed by atoms with Crippen LogP contribution < -0.4 is 4.74 Å². The summed E-state index contributed by atoms with van der Waals surface area (Å²) >= 11 is 0. The third kappa shape index (κ3) is 3.26. The van der Waals surface area contributed by atoms with Crippen molar-refractivity contribution in [2.45, 2.75) is 6.18 Å². The molecule has 0 aliphatic heterocycles. The van der Waals surface area contributed by atoms with Crippen molar-refractivity contribution < 1.29 is 27.2 Å². The molecule has 8 nitrogen and oxygen atoms in total. The number of hydrogen-bond acceptors (Lipinski definition) is 6. The smallest absolute Gasteiger partial charge is 0.432 e. The normalized spacial score (nSPS) is 11.7. The van der Waals surface area contributed by atoms with Crippen LogP contribution in [0.15, 0.2) is 52.9 Å². The van der Waals surface area contributed by atoms with Gasteiger partial charge in [0.15, 0.2) is 11.3 Å². The van der Waals surface area contributed by atoms with E-state index in [1.165, 1.54) is 6.07 Å². The van der Waals surface area contributed by atoms with Gasteiger partial charge in [0, 0.05) is 12.6 Å². The van der Waals surface area contributed by atoms with Crippen molar-refractivity contribution in [2.75, 3.05) is 0 Å². The number of aromatic nitrogens is 3. The van der Waals surface area contributed by atoms with Gasteiger partial charge in [-0.05, 0) is 24.3 Å². The molecule has 0 spiro atoms. The van der Waals surface area contributed by atoms with Crippen LogP contribution in [0.1, 0.15) is 5.69 Å². The monoisotopic (exact) mass is 404 g/mol. The van der Waals surface area contributed by atoms with Gasteiger partial charge in [0.05, 0.1) is 4.92 Å². The molecule has 0 N–H and O–H groups in total. The number of fused-ring (bicyclic) bond motifs is 1. The predicted octanol–water partition coefficient (Wildman–Crippen LogP) is 4.95. The summed E-state index contributed by atoms with van der Waals surface area (Å²) in [6.07, 6.45) is -5.01. The highest BCUT2D eigenvalue weighted by molar-refractivity contribution is 5.82. The zero-order valence-corrected chi connectivity index (χ0v) is 14.7. The standard InChI is InChI=1S/C18H11F3N4O4/c1-24-17(13(25(26)27)15(23-24)18(19,20)21)28-12-9-5-8-11-14(12)29-16(22-11)10-6-3-2-4-7-10/h2-9H,1H3. The van der Waals surface area contributed by atoms with Crippen LogP contribution in [-0.2, 0) is 13.2 Å². The average Bonchev–Trinajstić information content (AvgIpc) is 3.25. The van der Waals surface area contributed by atoms with E-state index in [1.807, 2.05) is 6.07 Å². The number of ether oxygens (including phenoxy) is 1. The molecule has 0 fully saturated rings. The second-order valence-electron chi connectivity index (χ2n) is 5.97. The van der Waals surface area contributed by atoms with Gasteiger partial charge in [0.2, 0.25) is 11.6 Å². The first-order valence-electron chi connectivity index (χ1n) is 8.17. The number of benzene rings is 2. The number of hydrogen-bond donors (Lipinski definition) is 0. The number of nitro groups is 1. The van der Waals surface area contributed by atoms with Crippen LogP contribution in [0.5, 0.6) is 11.6 Å². The maximum Gasteiger partial charge on any atom is 0.442 e. The van der Waals surface area contributed by atoms with Crippen LogP contribution >= 0.6 is 0 Å². The lowest BCUT2D eigenvalue weighted by Gasteiger charge is -2.05. The molecule has 0 aliphatic carbocycles. The van der Waals surface area contributed by atoms with E-state index in [1.54, 1.807) is 36.4 Å². The van der Waals surface area contributed by atoms with Crippen LogP contribution in [-0.4, -0.2) is 19.7 Å². The van der Waals surface area contributed by atoms with Gasteiger partial charge in [-0.2, -0.15) is 18.3 Å². The fraction of sp³-hybridized carbons (Fsp3) is 0.111. The molecule has 0 unspecified atom stereocenters. The van der Waals surface area contributed by atoms with Crippen LogP contribution in [0.2, 0.25) is 0 Å².